The van der Waals surface area contributed by atoms with E-state index in [-0.39, 0.29) is 18.3 Å². The first-order chi connectivity index (χ1) is 12.1. The summed E-state index contributed by atoms with van der Waals surface area (Å²) in [5.74, 6) is -0.0219. The molecule has 0 spiro atoms. The van der Waals surface area contributed by atoms with Crippen molar-refractivity contribution in [2.75, 3.05) is 13.1 Å². The molecule has 2 bridgehead atoms. The highest BCUT2D eigenvalue weighted by molar-refractivity contribution is 5.97. The number of hydrogen-bond acceptors (Lipinski definition) is 4. The molecule has 1 aromatic carbocycles. The Hall–Kier alpha value is -2.12. The Morgan fingerprint density at radius 2 is 1.96 bits per heavy atom. The Bertz CT molecular complexity index is 952. The van der Waals surface area contributed by atoms with Gasteiger partial charge in [0.15, 0.2) is 0 Å². The minimum Gasteiger partial charge on any atom is -0.337 e. The summed E-state index contributed by atoms with van der Waals surface area (Å²) in [6, 6.07) is 6.06. The van der Waals surface area contributed by atoms with Crippen LogP contribution < -0.4 is 16.4 Å². The maximum absolute atomic E-state index is 12.9. The number of amides is 1. The molecule has 0 radical (unpaired) electrons. The lowest BCUT2D eigenvalue weighted by Crippen LogP contribution is -2.39. The number of aromatic amines is 1. The molecule has 0 saturated carbocycles. The van der Waals surface area contributed by atoms with E-state index in [1.165, 1.54) is 11.0 Å². The zero-order valence-electron chi connectivity index (χ0n) is 14.7. The molecular formula is C18H23ClN4O3. The normalized spacial score (nSPS) is 22.1. The van der Waals surface area contributed by atoms with E-state index in [9.17, 15) is 14.4 Å². The number of benzene rings is 1. The minimum absolute atomic E-state index is 0. The van der Waals surface area contributed by atoms with Crippen LogP contribution in [0.4, 0.5) is 0 Å². The smallest absolute Gasteiger partial charge is 0.316 e. The summed E-state index contributed by atoms with van der Waals surface area (Å²) in [6.07, 6.45) is 3.28. The number of halogens is 1. The third kappa shape index (κ3) is 3.17. The first-order valence-corrected chi connectivity index (χ1v) is 8.89. The fourth-order valence-electron chi connectivity index (χ4n) is 4.04. The van der Waals surface area contributed by atoms with Crippen molar-refractivity contribution in [3.63, 3.8) is 0 Å². The van der Waals surface area contributed by atoms with E-state index in [4.69, 9.17) is 0 Å². The molecule has 1 amide bonds. The van der Waals surface area contributed by atoms with Gasteiger partial charge < -0.3 is 19.8 Å². The highest BCUT2D eigenvalue weighted by Gasteiger charge is 2.31. The number of likely N-dealkylation sites (tertiary alicyclic amines) is 1. The summed E-state index contributed by atoms with van der Waals surface area (Å²) in [5, 5.41) is 3.57. The number of aryl methyl sites for hydroxylation is 1. The summed E-state index contributed by atoms with van der Waals surface area (Å²) >= 11 is 0. The van der Waals surface area contributed by atoms with Gasteiger partial charge in [0, 0.05) is 37.3 Å². The molecular weight excluding hydrogens is 356 g/mol. The number of carbonyl (C=O) groups is 1. The van der Waals surface area contributed by atoms with Crippen LogP contribution in [0.5, 0.6) is 0 Å². The Morgan fingerprint density at radius 1 is 1.19 bits per heavy atom. The van der Waals surface area contributed by atoms with Gasteiger partial charge >= 0.3 is 11.1 Å². The average Bonchev–Trinajstić information content (AvgIpc) is 2.94. The molecule has 2 atom stereocenters. The molecule has 26 heavy (non-hydrogen) atoms. The lowest BCUT2D eigenvalue weighted by molar-refractivity contribution is 0.0748. The molecule has 4 rings (SSSR count). The number of nitrogens with one attached hydrogen (secondary N) is 2. The number of aromatic nitrogens is 2. The van der Waals surface area contributed by atoms with Crippen LogP contribution in [0.2, 0.25) is 0 Å². The van der Waals surface area contributed by atoms with Crippen LogP contribution >= 0.6 is 12.4 Å². The number of rotatable bonds is 2. The van der Waals surface area contributed by atoms with E-state index in [1.54, 1.807) is 18.2 Å². The van der Waals surface area contributed by atoms with Crippen molar-refractivity contribution in [2.45, 2.75) is 44.8 Å². The molecule has 140 valence electrons. The predicted molar refractivity (Wildman–Crippen MR) is 102 cm³/mol. The van der Waals surface area contributed by atoms with Crippen molar-refractivity contribution in [3.8, 4) is 0 Å². The Kier molecular flexibility index (Phi) is 5.20. The largest absolute Gasteiger partial charge is 0.337 e. The lowest BCUT2D eigenvalue weighted by atomic mass is 10.1. The van der Waals surface area contributed by atoms with Crippen molar-refractivity contribution in [2.24, 2.45) is 0 Å². The third-order valence-corrected chi connectivity index (χ3v) is 5.35. The van der Waals surface area contributed by atoms with Crippen LogP contribution in [-0.4, -0.2) is 45.5 Å². The second-order valence-electron chi connectivity index (χ2n) is 6.91. The van der Waals surface area contributed by atoms with Crippen LogP contribution in [0.25, 0.3) is 11.0 Å². The average molecular weight is 379 g/mol. The van der Waals surface area contributed by atoms with Gasteiger partial charge in [-0.3, -0.25) is 14.4 Å². The molecule has 8 heteroatoms. The molecule has 2 aliphatic rings. The van der Waals surface area contributed by atoms with Gasteiger partial charge in [-0.25, -0.2) is 0 Å². The summed E-state index contributed by atoms with van der Waals surface area (Å²) in [6.45, 7) is 3.69. The van der Waals surface area contributed by atoms with Crippen LogP contribution in [0, 0.1) is 0 Å². The highest BCUT2D eigenvalue weighted by Crippen LogP contribution is 2.22. The second-order valence-corrected chi connectivity index (χ2v) is 6.91. The van der Waals surface area contributed by atoms with Gasteiger partial charge in [0.2, 0.25) is 0 Å². The predicted octanol–water partition coefficient (Wildman–Crippen LogP) is 1.10. The topological polar surface area (TPSA) is 87.2 Å². The standard InChI is InChI=1S/C18H22N4O3.ClH/c1-2-22-15-6-3-11(9-14(15)20-16(23)18(22)25)17(24)21-8-7-12-4-5-13(10-21)19-12;/h3,6,9,12-13,19H,2,4-5,7-8,10H2,1H3,(H,20,23);1H. The van der Waals surface area contributed by atoms with Gasteiger partial charge in [0.05, 0.1) is 11.0 Å². The maximum atomic E-state index is 12.9. The fraction of sp³-hybridized carbons (Fsp3) is 0.500. The van der Waals surface area contributed by atoms with Gasteiger partial charge in [-0.1, -0.05) is 0 Å². The van der Waals surface area contributed by atoms with Crippen molar-refractivity contribution >= 4 is 29.3 Å². The molecule has 7 nitrogen and oxygen atoms in total. The Balaban J connectivity index is 0.00000196. The molecule has 2 fully saturated rings. The summed E-state index contributed by atoms with van der Waals surface area (Å²) in [4.78, 5) is 41.2. The number of nitrogens with zero attached hydrogens (tertiary/aromatic N) is 2. The Morgan fingerprint density at radius 3 is 2.73 bits per heavy atom. The zero-order valence-corrected chi connectivity index (χ0v) is 15.5. The molecule has 2 aromatic rings. The first kappa shape index (κ1) is 18.7. The molecule has 3 heterocycles. The minimum atomic E-state index is -0.657. The van der Waals surface area contributed by atoms with E-state index in [0.29, 0.717) is 35.2 Å². The monoisotopic (exact) mass is 378 g/mol. The lowest BCUT2D eigenvalue weighted by Gasteiger charge is -2.24. The van der Waals surface area contributed by atoms with E-state index in [1.807, 2.05) is 11.8 Å². The van der Waals surface area contributed by atoms with E-state index in [2.05, 4.69) is 10.3 Å². The van der Waals surface area contributed by atoms with Crippen LogP contribution in [0.3, 0.4) is 0 Å². The van der Waals surface area contributed by atoms with Gasteiger partial charge in [-0.2, -0.15) is 0 Å². The SMILES string of the molecule is CCn1c(=O)c(=O)[nH]c2cc(C(=O)N3CCC4CCC(C3)N4)ccc21.Cl. The molecule has 2 saturated heterocycles. The quantitative estimate of drug-likeness (QED) is 0.766. The second kappa shape index (κ2) is 7.25. The number of fused-ring (bicyclic) bond motifs is 3. The zero-order chi connectivity index (χ0) is 17.6. The van der Waals surface area contributed by atoms with Gasteiger partial charge in [0.25, 0.3) is 5.91 Å². The van der Waals surface area contributed by atoms with Crippen LogP contribution in [0.1, 0.15) is 36.5 Å². The third-order valence-electron chi connectivity index (χ3n) is 5.35. The van der Waals surface area contributed by atoms with E-state index < -0.39 is 11.1 Å². The number of carbonyl (C=O) groups excluding carboxylic acids is 1. The molecule has 2 aliphatic heterocycles. The summed E-state index contributed by atoms with van der Waals surface area (Å²) < 4.78 is 1.43. The molecule has 2 N–H and O–H groups in total. The molecule has 0 aliphatic carbocycles. The molecule has 2 unspecified atom stereocenters. The van der Waals surface area contributed by atoms with Gasteiger partial charge in [-0.15, -0.1) is 12.4 Å². The van der Waals surface area contributed by atoms with Crippen LogP contribution in [-0.2, 0) is 6.54 Å². The van der Waals surface area contributed by atoms with Crippen molar-refractivity contribution in [3.05, 3.63) is 44.5 Å². The Labute approximate surface area is 156 Å². The van der Waals surface area contributed by atoms with Crippen molar-refractivity contribution in [1.29, 1.82) is 0 Å². The van der Waals surface area contributed by atoms with Gasteiger partial charge in [-0.05, 0) is 44.4 Å². The highest BCUT2D eigenvalue weighted by atomic mass is 35.5. The van der Waals surface area contributed by atoms with Crippen molar-refractivity contribution in [1.82, 2.24) is 19.8 Å². The number of H-pyrrole nitrogens is 1. The van der Waals surface area contributed by atoms with E-state index in [0.717, 1.165) is 25.9 Å². The van der Waals surface area contributed by atoms with Crippen molar-refractivity contribution < 1.29 is 4.79 Å². The number of hydrogen-bond donors (Lipinski definition) is 2. The summed E-state index contributed by atoms with van der Waals surface area (Å²) in [7, 11) is 0. The first-order valence-electron chi connectivity index (χ1n) is 8.89. The fourth-order valence-corrected chi connectivity index (χ4v) is 4.04. The summed E-state index contributed by atoms with van der Waals surface area (Å²) in [5.41, 5.74) is 0.480. The maximum Gasteiger partial charge on any atom is 0.316 e. The molecule has 1 aromatic heterocycles. The van der Waals surface area contributed by atoms with Gasteiger partial charge in [0.1, 0.15) is 0 Å². The van der Waals surface area contributed by atoms with E-state index >= 15 is 0 Å². The van der Waals surface area contributed by atoms with Crippen LogP contribution in [0.15, 0.2) is 27.8 Å².